The SMILES string of the molecule is CC[C@H]1C[C@H]2CN3CCC4=C(N=C5C=CC(OC)=CC54)[C@](C(=O)OC)(C2)[C@H]13. The van der Waals surface area contributed by atoms with Crippen LogP contribution in [0.4, 0.5) is 0 Å². The lowest BCUT2D eigenvalue weighted by molar-refractivity contribution is -0.168. The lowest BCUT2D eigenvalue weighted by atomic mass is 9.56. The molecule has 6 aliphatic rings. The Balaban J connectivity index is 1.70. The van der Waals surface area contributed by atoms with Gasteiger partial charge in [-0.2, -0.15) is 0 Å². The van der Waals surface area contributed by atoms with Gasteiger partial charge in [0.25, 0.3) is 0 Å². The van der Waals surface area contributed by atoms with Crippen LogP contribution in [0, 0.1) is 23.2 Å². The Labute approximate surface area is 160 Å². The molecule has 3 fully saturated rings. The van der Waals surface area contributed by atoms with E-state index in [0.29, 0.717) is 11.8 Å². The molecule has 4 heterocycles. The highest BCUT2D eigenvalue weighted by molar-refractivity contribution is 6.05. The summed E-state index contributed by atoms with van der Waals surface area (Å²) in [6.07, 6.45) is 10.4. The van der Waals surface area contributed by atoms with Crippen LogP contribution in [0.2, 0.25) is 0 Å². The van der Waals surface area contributed by atoms with Gasteiger partial charge in [0.15, 0.2) is 0 Å². The van der Waals surface area contributed by atoms with Crippen molar-refractivity contribution in [3.05, 3.63) is 35.3 Å². The third-order valence-corrected chi connectivity index (χ3v) is 7.47. The van der Waals surface area contributed by atoms with Crippen LogP contribution in [0.1, 0.15) is 32.6 Å². The van der Waals surface area contributed by atoms with Crippen LogP contribution < -0.4 is 0 Å². The molecule has 0 N–H and O–H groups in total. The molecular formula is C22H28N2O3. The smallest absolute Gasteiger partial charge is 0.319 e. The summed E-state index contributed by atoms with van der Waals surface area (Å²) < 4.78 is 10.9. The first-order valence-electron chi connectivity index (χ1n) is 10.2. The summed E-state index contributed by atoms with van der Waals surface area (Å²) in [5.74, 6) is 2.01. The third kappa shape index (κ3) is 2.21. The van der Waals surface area contributed by atoms with Crippen molar-refractivity contribution in [3.63, 3.8) is 0 Å². The first kappa shape index (κ1) is 17.2. The minimum atomic E-state index is -0.609. The van der Waals surface area contributed by atoms with Gasteiger partial charge in [-0.05, 0) is 54.9 Å². The molecule has 6 atom stereocenters. The van der Waals surface area contributed by atoms with E-state index in [-0.39, 0.29) is 17.9 Å². The third-order valence-electron chi connectivity index (χ3n) is 7.47. The van der Waals surface area contributed by atoms with E-state index in [1.165, 1.54) is 19.1 Å². The summed E-state index contributed by atoms with van der Waals surface area (Å²) in [5, 5.41) is 0. The van der Waals surface area contributed by atoms with Crippen molar-refractivity contribution in [2.24, 2.45) is 28.2 Å². The number of carbonyl (C=O) groups excluding carboxylic acids is 1. The zero-order valence-electron chi connectivity index (χ0n) is 16.4. The number of aliphatic imine (C=N–C) groups is 1. The fraction of sp³-hybridized carbons (Fsp3) is 0.636. The Bertz CT molecular complexity index is 808. The molecule has 0 radical (unpaired) electrons. The molecule has 2 aliphatic carbocycles. The summed E-state index contributed by atoms with van der Waals surface area (Å²) in [5.41, 5.74) is 2.76. The number of piperidine rings is 2. The first-order valence-corrected chi connectivity index (χ1v) is 10.2. The number of ether oxygens (including phenoxy) is 2. The van der Waals surface area contributed by atoms with Crippen molar-refractivity contribution in [2.75, 3.05) is 27.3 Å². The topological polar surface area (TPSA) is 51.1 Å². The number of rotatable bonds is 3. The number of fused-ring (bicyclic) bond motifs is 3. The molecule has 0 aromatic rings. The summed E-state index contributed by atoms with van der Waals surface area (Å²) in [4.78, 5) is 21.0. The number of hydrogen-bond donors (Lipinski definition) is 0. The van der Waals surface area contributed by atoms with Crippen LogP contribution in [-0.4, -0.2) is 49.9 Å². The maximum absolute atomic E-state index is 13.4. The van der Waals surface area contributed by atoms with Crippen molar-refractivity contribution in [1.82, 2.24) is 4.90 Å². The van der Waals surface area contributed by atoms with E-state index in [0.717, 1.165) is 49.5 Å². The van der Waals surface area contributed by atoms with E-state index in [1.54, 1.807) is 7.11 Å². The summed E-state index contributed by atoms with van der Waals surface area (Å²) in [6, 6.07) is 0.215. The Hall–Kier alpha value is -1.88. The molecule has 0 spiro atoms. The minimum Gasteiger partial charge on any atom is -0.497 e. The van der Waals surface area contributed by atoms with Crippen LogP contribution in [-0.2, 0) is 14.3 Å². The maximum atomic E-state index is 13.4. The second-order valence-electron chi connectivity index (χ2n) is 8.62. The van der Waals surface area contributed by atoms with Gasteiger partial charge < -0.3 is 9.47 Å². The lowest BCUT2D eigenvalue weighted by Gasteiger charge is -2.58. The highest BCUT2D eigenvalue weighted by atomic mass is 16.5. The Morgan fingerprint density at radius 3 is 2.96 bits per heavy atom. The van der Waals surface area contributed by atoms with E-state index in [2.05, 4.69) is 24.0 Å². The first-order chi connectivity index (χ1) is 13.1. The van der Waals surface area contributed by atoms with Gasteiger partial charge in [-0.3, -0.25) is 14.7 Å². The number of carbonyl (C=O) groups is 1. The molecule has 5 heteroatoms. The fourth-order valence-corrected chi connectivity index (χ4v) is 6.52. The Morgan fingerprint density at radius 2 is 2.22 bits per heavy atom. The number of hydrogen-bond acceptors (Lipinski definition) is 5. The lowest BCUT2D eigenvalue weighted by Crippen LogP contribution is -2.65. The van der Waals surface area contributed by atoms with Gasteiger partial charge in [0.2, 0.25) is 0 Å². The summed E-state index contributed by atoms with van der Waals surface area (Å²) >= 11 is 0. The van der Waals surface area contributed by atoms with Crippen LogP contribution in [0.3, 0.4) is 0 Å². The van der Waals surface area contributed by atoms with Crippen LogP contribution in [0.15, 0.2) is 40.2 Å². The molecule has 0 aromatic heterocycles. The molecule has 0 amide bonds. The average Bonchev–Trinajstić information content (AvgIpc) is 3.04. The molecule has 4 bridgehead atoms. The standard InChI is InChI=1S/C22H28N2O3/c1-4-14-9-13-11-22(21(25)27-3)19-16(7-8-24(12-13)20(14)22)17-10-15(26-2)5-6-18(17)23-19/h5-6,10,13-14,17,20H,4,7-9,11-12H2,1-3H3/t13-,14+,17?,20+,22-/m1/s1. The molecule has 0 aromatic carbocycles. The van der Waals surface area contributed by atoms with E-state index in [4.69, 9.17) is 14.5 Å². The fourth-order valence-electron chi connectivity index (χ4n) is 6.52. The van der Waals surface area contributed by atoms with Gasteiger partial charge in [0.1, 0.15) is 11.2 Å². The molecule has 2 unspecified atom stereocenters. The van der Waals surface area contributed by atoms with Crippen molar-refractivity contribution < 1.29 is 14.3 Å². The molecule has 1 saturated carbocycles. The Morgan fingerprint density at radius 1 is 1.37 bits per heavy atom. The number of esters is 1. The van der Waals surface area contributed by atoms with Gasteiger partial charge in [-0.25, -0.2) is 0 Å². The minimum absolute atomic E-state index is 0.0855. The molecule has 27 heavy (non-hydrogen) atoms. The normalized spacial score (nSPS) is 41.4. The van der Waals surface area contributed by atoms with Gasteiger partial charge in [-0.15, -0.1) is 0 Å². The number of nitrogens with zero attached hydrogens (tertiary/aromatic N) is 2. The van der Waals surface area contributed by atoms with E-state index in [1.807, 2.05) is 6.08 Å². The second kappa shape index (κ2) is 6.06. The van der Waals surface area contributed by atoms with Gasteiger partial charge in [0, 0.05) is 25.0 Å². The van der Waals surface area contributed by atoms with Crippen LogP contribution >= 0.6 is 0 Å². The van der Waals surface area contributed by atoms with E-state index in [9.17, 15) is 4.79 Å². The zero-order chi connectivity index (χ0) is 18.8. The summed E-state index contributed by atoms with van der Waals surface area (Å²) in [7, 11) is 3.24. The van der Waals surface area contributed by atoms with Crippen molar-refractivity contribution in [2.45, 2.75) is 38.6 Å². The molecular weight excluding hydrogens is 340 g/mol. The van der Waals surface area contributed by atoms with E-state index >= 15 is 0 Å². The Kier molecular flexibility index (Phi) is 3.87. The van der Waals surface area contributed by atoms with E-state index < -0.39 is 5.41 Å². The molecule has 6 rings (SSSR count). The predicted molar refractivity (Wildman–Crippen MR) is 103 cm³/mol. The molecule has 4 aliphatic heterocycles. The van der Waals surface area contributed by atoms with Crippen LogP contribution in [0.5, 0.6) is 0 Å². The predicted octanol–water partition coefficient (Wildman–Crippen LogP) is 3.09. The van der Waals surface area contributed by atoms with Gasteiger partial charge in [-0.1, -0.05) is 13.3 Å². The molecule has 2 saturated heterocycles. The average molecular weight is 368 g/mol. The zero-order valence-corrected chi connectivity index (χ0v) is 16.4. The van der Waals surface area contributed by atoms with Crippen molar-refractivity contribution >= 4 is 11.7 Å². The van der Waals surface area contributed by atoms with Gasteiger partial charge >= 0.3 is 5.97 Å². The number of allylic oxidation sites excluding steroid dienone is 3. The highest BCUT2D eigenvalue weighted by Crippen LogP contribution is 2.59. The monoisotopic (exact) mass is 368 g/mol. The maximum Gasteiger partial charge on any atom is 0.319 e. The van der Waals surface area contributed by atoms with Crippen molar-refractivity contribution in [1.29, 1.82) is 0 Å². The van der Waals surface area contributed by atoms with Crippen LogP contribution in [0.25, 0.3) is 0 Å². The van der Waals surface area contributed by atoms with Gasteiger partial charge in [0.05, 0.1) is 25.6 Å². The molecule has 144 valence electrons. The highest BCUT2D eigenvalue weighted by Gasteiger charge is 2.64. The second-order valence-corrected chi connectivity index (χ2v) is 8.62. The van der Waals surface area contributed by atoms with Crippen molar-refractivity contribution in [3.8, 4) is 0 Å². The largest absolute Gasteiger partial charge is 0.497 e. The molecule has 5 nitrogen and oxygen atoms in total. The number of methoxy groups -OCH3 is 2. The summed E-state index contributed by atoms with van der Waals surface area (Å²) in [6.45, 7) is 4.38. The quantitative estimate of drug-likeness (QED) is 0.719.